The Morgan fingerprint density at radius 2 is 2.14 bits per heavy atom. The van der Waals surface area contributed by atoms with Crippen molar-refractivity contribution in [1.29, 1.82) is 0 Å². The smallest absolute Gasteiger partial charge is 0.422 e. The first-order chi connectivity index (χ1) is 6.54. The van der Waals surface area contributed by atoms with E-state index in [0.717, 1.165) is 24.4 Å². The van der Waals surface area contributed by atoms with Crippen LogP contribution in [0.2, 0.25) is 0 Å². The van der Waals surface area contributed by atoms with E-state index in [0.29, 0.717) is 11.7 Å². The summed E-state index contributed by atoms with van der Waals surface area (Å²) < 4.78 is 43.6. The number of alkyl halides is 3. The van der Waals surface area contributed by atoms with E-state index in [-0.39, 0.29) is 5.19 Å². The van der Waals surface area contributed by atoms with Crippen molar-refractivity contribution in [1.82, 2.24) is 9.36 Å². The van der Waals surface area contributed by atoms with Crippen LogP contribution in [0.15, 0.2) is 0 Å². The highest BCUT2D eigenvalue weighted by Gasteiger charge is 2.31. The largest absolute Gasteiger partial charge is 0.459 e. The Morgan fingerprint density at radius 1 is 1.43 bits per heavy atom. The second-order valence-electron chi connectivity index (χ2n) is 3.10. The lowest BCUT2D eigenvalue weighted by Gasteiger charge is -2.04. The van der Waals surface area contributed by atoms with Gasteiger partial charge in [-0.1, -0.05) is 0 Å². The van der Waals surface area contributed by atoms with Crippen molar-refractivity contribution in [3.8, 4) is 5.19 Å². The summed E-state index contributed by atoms with van der Waals surface area (Å²) in [5.74, 6) is 0.960. The van der Waals surface area contributed by atoms with Crippen LogP contribution < -0.4 is 4.74 Å². The summed E-state index contributed by atoms with van der Waals surface area (Å²) in [7, 11) is 0. The van der Waals surface area contributed by atoms with Gasteiger partial charge in [0.1, 0.15) is 5.82 Å². The molecule has 0 bridgehead atoms. The molecule has 0 atom stereocenters. The van der Waals surface area contributed by atoms with Gasteiger partial charge in [-0.3, -0.25) is 0 Å². The van der Waals surface area contributed by atoms with Crippen molar-refractivity contribution in [3.05, 3.63) is 5.82 Å². The van der Waals surface area contributed by atoms with Crippen LogP contribution in [0.25, 0.3) is 0 Å². The van der Waals surface area contributed by atoms with Crippen LogP contribution in [-0.4, -0.2) is 22.1 Å². The summed E-state index contributed by atoms with van der Waals surface area (Å²) in [6.45, 7) is -1.30. The molecular formula is C7H7F3N2OS. The van der Waals surface area contributed by atoms with Crippen LogP contribution in [0.4, 0.5) is 13.2 Å². The normalized spacial score (nSPS) is 17.1. The topological polar surface area (TPSA) is 35.0 Å². The average molecular weight is 224 g/mol. The SMILES string of the molecule is FC(F)(F)COc1nc(C2CC2)ns1. The zero-order valence-corrected chi connectivity index (χ0v) is 7.86. The summed E-state index contributed by atoms with van der Waals surface area (Å²) in [5.41, 5.74) is 0. The number of ether oxygens (including phenoxy) is 1. The number of aromatic nitrogens is 2. The molecule has 1 aliphatic carbocycles. The molecule has 1 fully saturated rings. The first-order valence-electron chi connectivity index (χ1n) is 4.08. The van der Waals surface area contributed by atoms with Crippen LogP contribution in [0.5, 0.6) is 5.19 Å². The van der Waals surface area contributed by atoms with E-state index < -0.39 is 12.8 Å². The third-order valence-corrected chi connectivity index (χ3v) is 2.37. The van der Waals surface area contributed by atoms with Crippen LogP contribution in [0.1, 0.15) is 24.6 Å². The molecule has 0 radical (unpaired) electrons. The van der Waals surface area contributed by atoms with Crippen molar-refractivity contribution in [2.45, 2.75) is 24.9 Å². The van der Waals surface area contributed by atoms with Gasteiger partial charge in [0.2, 0.25) is 0 Å². The third-order valence-electron chi connectivity index (χ3n) is 1.72. The van der Waals surface area contributed by atoms with E-state index in [2.05, 4.69) is 14.1 Å². The lowest BCUT2D eigenvalue weighted by Crippen LogP contribution is -2.19. The van der Waals surface area contributed by atoms with Gasteiger partial charge in [0.25, 0.3) is 5.19 Å². The maximum atomic E-state index is 11.8. The molecule has 0 aliphatic heterocycles. The molecule has 78 valence electrons. The molecule has 0 unspecified atom stereocenters. The van der Waals surface area contributed by atoms with Crippen LogP contribution >= 0.6 is 11.5 Å². The minimum Gasteiger partial charge on any atom is -0.459 e. The minimum atomic E-state index is -4.31. The molecule has 1 aromatic heterocycles. The summed E-state index contributed by atoms with van der Waals surface area (Å²) >= 11 is 0.875. The summed E-state index contributed by atoms with van der Waals surface area (Å²) in [4.78, 5) is 3.86. The number of nitrogens with zero attached hydrogens (tertiary/aromatic N) is 2. The van der Waals surface area contributed by atoms with Crippen LogP contribution in [-0.2, 0) is 0 Å². The Hall–Kier alpha value is -0.850. The molecule has 0 saturated heterocycles. The fourth-order valence-corrected chi connectivity index (χ4v) is 1.54. The van der Waals surface area contributed by atoms with E-state index in [4.69, 9.17) is 0 Å². The minimum absolute atomic E-state index is 0.00391. The second kappa shape index (κ2) is 3.38. The first kappa shape index (κ1) is 9.70. The lowest BCUT2D eigenvalue weighted by atomic mass is 10.4. The number of rotatable bonds is 3. The molecule has 14 heavy (non-hydrogen) atoms. The first-order valence-corrected chi connectivity index (χ1v) is 4.85. The van der Waals surface area contributed by atoms with Gasteiger partial charge in [-0.15, -0.1) is 0 Å². The second-order valence-corrected chi connectivity index (χ2v) is 3.81. The highest BCUT2D eigenvalue weighted by Crippen LogP contribution is 2.39. The van der Waals surface area contributed by atoms with Gasteiger partial charge in [-0.2, -0.15) is 22.5 Å². The molecule has 0 amide bonds. The highest BCUT2D eigenvalue weighted by molar-refractivity contribution is 7.07. The third kappa shape index (κ3) is 2.57. The molecule has 1 aliphatic rings. The number of hydrogen-bond acceptors (Lipinski definition) is 4. The van der Waals surface area contributed by atoms with Crippen molar-refractivity contribution in [2.24, 2.45) is 0 Å². The summed E-state index contributed by atoms with van der Waals surface area (Å²) in [6, 6.07) is 0. The van der Waals surface area contributed by atoms with E-state index in [1.54, 1.807) is 0 Å². The van der Waals surface area contributed by atoms with E-state index in [9.17, 15) is 13.2 Å². The van der Waals surface area contributed by atoms with Crippen LogP contribution in [0, 0.1) is 0 Å². The Bertz CT molecular complexity index is 321. The molecule has 7 heteroatoms. The molecule has 0 spiro atoms. The summed E-state index contributed by atoms with van der Waals surface area (Å²) in [5, 5.41) is 0.00391. The Morgan fingerprint density at radius 3 is 2.71 bits per heavy atom. The predicted octanol–water partition coefficient (Wildman–Crippen LogP) is 2.36. The average Bonchev–Trinajstić information content (AvgIpc) is 2.81. The zero-order valence-electron chi connectivity index (χ0n) is 7.04. The molecule has 2 rings (SSSR count). The van der Waals surface area contributed by atoms with E-state index in [1.807, 2.05) is 0 Å². The van der Waals surface area contributed by atoms with Crippen molar-refractivity contribution in [3.63, 3.8) is 0 Å². The van der Waals surface area contributed by atoms with E-state index >= 15 is 0 Å². The zero-order chi connectivity index (χ0) is 10.2. The molecule has 0 N–H and O–H groups in total. The molecule has 1 saturated carbocycles. The van der Waals surface area contributed by atoms with Gasteiger partial charge in [-0.25, -0.2) is 0 Å². The highest BCUT2D eigenvalue weighted by atomic mass is 32.1. The standard InChI is InChI=1S/C7H7F3N2OS/c8-7(9,10)3-13-6-11-5(12-14-6)4-1-2-4/h4H,1-3H2. The van der Waals surface area contributed by atoms with Gasteiger partial charge in [0.05, 0.1) is 0 Å². The Balaban J connectivity index is 1.90. The van der Waals surface area contributed by atoms with Gasteiger partial charge < -0.3 is 4.74 Å². The number of hydrogen-bond donors (Lipinski definition) is 0. The van der Waals surface area contributed by atoms with Gasteiger partial charge in [-0.05, 0) is 12.8 Å². The maximum Gasteiger partial charge on any atom is 0.422 e. The fraction of sp³-hybridized carbons (Fsp3) is 0.714. The molecule has 1 heterocycles. The van der Waals surface area contributed by atoms with Crippen molar-refractivity contribution in [2.75, 3.05) is 6.61 Å². The quantitative estimate of drug-likeness (QED) is 0.790. The van der Waals surface area contributed by atoms with Crippen LogP contribution in [0.3, 0.4) is 0 Å². The Kier molecular flexibility index (Phi) is 2.34. The fourth-order valence-electron chi connectivity index (χ4n) is 0.930. The monoisotopic (exact) mass is 224 g/mol. The van der Waals surface area contributed by atoms with Gasteiger partial charge >= 0.3 is 6.18 Å². The van der Waals surface area contributed by atoms with E-state index in [1.165, 1.54) is 0 Å². The lowest BCUT2D eigenvalue weighted by molar-refractivity contribution is -0.153. The van der Waals surface area contributed by atoms with Gasteiger partial charge in [0, 0.05) is 17.5 Å². The van der Waals surface area contributed by atoms with Crippen molar-refractivity contribution >= 4 is 11.5 Å². The number of halogens is 3. The predicted molar refractivity (Wildman–Crippen MR) is 43.4 cm³/mol. The molecule has 0 aromatic carbocycles. The summed E-state index contributed by atoms with van der Waals surface area (Å²) in [6.07, 6.45) is -2.27. The van der Waals surface area contributed by atoms with Gasteiger partial charge in [0.15, 0.2) is 6.61 Å². The Labute approximate surface area is 82.1 Å². The maximum absolute atomic E-state index is 11.8. The molecule has 3 nitrogen and oxygen atoms in total. The molecular weight excluding hydrogens is 217 g/mol. The van der Waals surface area contributed by atoms with Crippen molar-refractivity contribution < 1.29 is 17.9 Å². The molecule has 1 aromatic rings.